The number of amides is 1. The Morgan fingerprint density at radius 1 is 1.06 bits per heavy atom. The van der Waals surface area contributed by atoms with Crippen molar-refractivity contribution in [3.05, 3.63) is 29.8 Å². The fourth-order valence-corrected chi connectivity index (χ4v) is 1.60. The summed E-state index contributed by atoms with van der Waals surface area (Å²) < 4.78 is 0. The number of nitrogens with one attached hydrogen (secondary N) is 1. The second-order valence-electron chi connectivity index (χ2n) is 4.37. The topological polar surface area (TPSA) is 66.4 Å². The highest BCUT2D eigenvalue weighted by atomic mass is 16.4. The Morgan fingerprint density at radius 2 is 1.67 bits per heavy atom. The van der Waals surface area contributed by atoms with E-state index < -0.39 is 5.97 Å². The van der Waals surface area contributed by atoms with Crippen molar-refractivity contribution in [3.63, 3.8) is 0 Å². The van der Waals surface area contributed by atoms with E-state index in [9.17, 15) is 9.59 Å². The van der Waals surface area contributed by atoms with Crippen LogP contribution in [0, 0.1) is 6.92 Å². The fourth-order valence-electron chi connectivity index (χ4n) is 1.60. The predicted molar refractivity (Wildman–Crippen MR) is 70.5 cm³/mol. The highest BCUT2D eigenvalue weighted by Gasteiger charge is 2.02. The molecule has 4 nitrogen and oxygen atoms in total. The van der Waals surface area contributed by atoms with Gasteiger partial charge in [-0.2, -0.15) is 0 Å². The van der Waals surface area contributed by atoms with E-state index in [4.69, 9.17) is 5.11 Å². The van der Waals surface area contributed by atoms with Crippen LogP contribution in [0.15, 0.2) is 24.3 Å². The van der Waals surface area contributed by atoms with E-state index in [1.54, 1.807) is 0 Å². The molecule has 0 atom stereocenters. The molecule has 0 radical (unpaired) electrons. The standard InChI is InChI=1S/C14H19NO3/c1-11-7-9-12(10-8-11)15-13(16)5-3-2-4-6-14(17)18/h7-10H,2-6H2,1H3,(H,15,16)(H,17,18). The molecule has 0 unspecified atom stereocenters. The van der Waals surface area contributed by atoms with Crippen LogP contribution in [0.1, 0.15) is 37.7 Å². The molecule has 0 heterocycles. The van der Waals surface area contributed by atoms with Crippen LogP contribution in [0.2, 0.25) is 0 Å². The number of rotatable bonds is 7. The summed E-state index contributed by atoms with van der Waals surface area (Å²) in [6.07, 6.45) is 2.75. The van der Waals surface area contributed by atoms with Crippen molar-refractivity contribution in [2.24, 2.45) is 0 Å². The SMILES string of the molecule is Cc1ccc(NC(=O)CCCCCC(=O)O)cc1. The van der Waals surface area contributed by atoms with Crippen molar-refractivity contribution in [3.8, 4) is 0 Å². The molecule has 1 amide bonds. The summed E-state index contributed by atoms with van der Waals surface area (Å²) in [5.41, 5.74) is 1.96. The van der Waals surface area contributed by atoms with Crippen LogP contribution < -0.4 is 5.32 Å². The lowest BCUT2D eigenvalue weighted by Gasteiger charge is -2.05. The molecule has 1 aromatic rings. The molecule has 98 valence electrons. The Kier molecular flexibility index (Phi) is 5.91. The highest BCUT2D eigenvalue weighted by molar-refractivity contribution is 5.90. The lowest BCUT2D eigenvalue weighted by atomic mass is 10.1. The monoisotopic (exact) mass is 249 g/mol. The maximum atomic E-state index is 11.6. The van der Waals surface area contributed by atoms with Gasteiger partial charge in [0.05, 0.1) is 0 Å². The number of anilines is 1. The normalized spacial score (nSPS) is 10.1. The average Bonchev–Trinajstić information content (AvgIpc) is 2.31. The zero-order chi connectivity index (χ0) is 13.4. The van der Waals surface area contributed by atoms with E-state index in [2.05, 4.69) is 5.32 Å². The van der Waals surface area contributed by atoms with Crippen molar-refractivity contribution < 1.29 is 14.7 Å². The summed E-state index contributed by atoms with van der Waals surface area (Å²) in [6, 6.07) is 7.64. The maximum Gasteiger partial charge on any atom is 0.303 e. The second-order valence-corrected chi connectivity index (χ2v) is 4.37. The van der Waals surface area contributed by atoms with Gasteiger partial charge in [0, 0.05) is 18.5 Å². The van der Waals surface area contributed by atoms with Crippen LogP contribution in [-0.2, 0) is 9.59 Å². The summed E-state index contributed by atoms with van der Waals surface area (Å²) in [6.45, 7) is 1.99. The smallest absolute Gasteiger partial charge is 0.303 e. The molecule has 0 saturated heterocycles. The van der Waals surface area contributed by atoms with Gasteiger partial charge in [0.1, 0.15) is 0 Å². The van der Waals surface area contributed by atoms with Crippen LogP contribution in [0.4, 0.5) is 5.69 Å². The molecule has 0 bridgehead atoms. The molecule has 0 aliphatic heterocycles. The van der Waals surface area contributed by atoms with Crippen molar-refractivity contribution in [1.29, 1.82) is 0 Å². The Morgan fingerprint density at radius 3 is 2.28 bits per heavy atom. The fraction of sp³-hybridized carbons (Fsp3) is 0.429. The Balaban J connectivity index is 2.17. The molecule has 1 aromatic carbocycles. The quantitative estimate of drug-likeness (QED) is 0.730. The Bertz CT molecular complexity index is 398. The maximum absolute atomic E-state index is 11.6. The van der Waals surface area contributed by atoms with Gasteiger partial charge in [0.15, 0.2) is 0 Å². The zero-order valence-corrected chi connectivity index (χ0v) is 10.6. The lowest BCUT2D eigenvalue weighted by molar-refractivity contribution is -0.137. The molecule has 2 N–H and O–H groups in total. The molecular formula is C14H19NO3. The Hall–Kier alpha value is -1.84. The minimum atomic E-state index is -0.779. The summed E-state index contributed by atoms with van der Waals surface area (Å²) in [4.78, 5) is 21.9. The van der Waals surface area contributed by atoms with Gasteiger partial charge in [-0.05, 0) is 31.9 Å². The number of unbranched alkanes of at least 4 members (excludes halogenated alkanes) is 2. The molecule has 18 heavy (non-hydrogen) atoms. The highest BCUT2D eigenvalue weighted by Crippen LogP contribution is 2.10. The zero-order valence-electron chi connectivity index (χ0n) is 10.6. The van der Waals surface area contributed by atoms with E-state index in [1.807, 2.05) is 31.2 Å². The van der Waals surface area contributed by atoms with Gasteiger partial charge in [-0.25, -0.2) is 0 Å². The van der Waals surface area contributed by atoms with Crippen LogP contribution in [0.25, 0.3) is 0 Å². The first-order valence-corrected chi connectivity index (χ1v) is 6.16. The largest absolute Gasteiger partial charge is 0.481 e. The van der Waals surface area contributed by atoms with E-state index in [0.717, 1.165) is 24.1 Å². The van der Waals surface area contributed by atoms with Gasteiger partial charge >= 0.3 is 5.97 Å². The van der Waals surface area contributed by atoms with Crippen LogP contribution in [0.5, 0.6) is 0 Å². The van der Waals surface area contributed by atoms with Crippen molar-refractivity contribution in [1.82, 2.24) is 0 Å². The lowest BCUT2D eigenvalue weighted by Crippen LogP contribution is -2.11. The van der Waals surface area contributed by atoms with Crippen molar-refractivity contribution in [2.75, 3.05) is 5.32 Å². The van der Waals surface area contributed by atoms with Gasteiger partial charge in [-0.15, -0.1) is 0 Å². The van der Waals surface area contributed by atoms with E-state index in [1.165, 1.54) is 0 Å². The third-order valence-corrected chi connectivity index (χ3v) is 2.63. The summed E-state index contributed by atoms with van der Waals surface area (Å²) in [7, 11) is 0. The molecule has 1 rings (SSSR count). The molecule has 4 heteroatoms. The molecule has 0 aliphatic rings. The van der Waals surface area contributed by atoms with Crippen LogP contribution in [0.3, 0.4) is 0 Å². The average molecular weight is 249 g/mol. The number of carboxylic acid groups (broad SMARTS) is 1. The molecule has 0 spiro atoms. The molecule has 0 aromatic heterocycles. The third kappa shape index (κ3) is 6.03. The number of carbonyl (C=O) groups is 2. The van der Waals surface area contributed by atoms with E-state index >= 15 is 0 Å². The van der Waals surface area contributed by atoms with Crippen LogP contribution >= 0.6 is 0 Å². The molecular weight excluding hydrogens is 230 g/mol. The van der Waals surface area contributed by atoms with Gasteiger partial charge in [-0.3, -0.25) is 9.59 Å². The first-order valence-electron chi connectivity index (χ1n) is 6.16. The van der Waals surface area contributed by atoms with Gasteiger partial charge < -0.3 is 10.4 Å². The number of hydrogen-bond donors (Lipinski definition) is 2. The molecule has 0 fully saturated rings. The number of hydrogen-bond acceptors (Lipinski definition) is 2. The van der Waals surface area contributed by atoms with E-state index in [0.29, 0.717) is 12.8 Å². The predicted octanol–water partition coefficient (Wildman–Crippen LogP) is 2.97. The number of aryl methyl sites for hydroxylation is 1. The van der Waals surface area contributed by atoms with E-state index in [-0.39, 0.29) is 12.3 Å². The first kappa shape index (κ1) is 14.2. The summed E-state index contributed by atoms with van der Waals surface area (Å²) in [5.74, 6) is -0.798. The van der Waals surface area contributed by atoms with Gasteiger partial charge in [-0.1, -0.05) is 24.1 Å². The number of benzene rings is 1. The number of carboxylic acids is 1. The first-order chi connectivity index (χ1) is 8.58. The summed E-state index contributed by atoms with van der Waals surface area (Å²) in [5, 5.41) is 11.3. The number of carbonyl (C=O) groups excluding carboxylic acids is 1. The van der Waals surface area contributed by atoms with Crippen molar-refractivity contribution >= 4 is 17.6 Å². The van der Waals surface area contributed by atoms with Gasteiger partial charge in [0.25, 0.3) is 0 Å². The summed E-state index contributed by atoms with van der Waals surface area (Å²) >= 11 is 0. The second kappa shape index (κ2) is 7.48. The van der Waals surface area contributed by atoms with Crippen molar-refractivity contribution in [2.45, 2.75) is 39.0 Å². The van der Waals surface area contributed by atoms with Crippen LogP contribution in [-0.4, -0.2) is 17.0 Å². The number of aliphatic carboxylic acids is 1. The minimum Gasteiger partial charge on any atom is -0.481 e. The molecule has 0 saturated carbocycles. The minimum absolute atomic E-state index is 0.0193. The van der Waals surface area contributed by atoms with Gasteiger partial charge in [0.2, 0.25) is 5.91 Å². The third-order valence-electron chi connectivity index (χ3n) is 2.63. The molecule has 0 aliphatic carbocycles. The Labute approximate surface area is 107 Å².